The summed E-state index contributed by atoms with van der Waals surface area (Å²) < 4.78 is 5.38. The van der Waals surface area contributed by atoms with E-state index in [1.54, 1.807) is 14.2 Å². The average molecular weight is 524 g/mol. The van der Waals surface area contributed by atoms with Gasteiger partial charge in [-0.25, -0.2) is 0 Å². The lowest BCUT2D eigenvalue weighted by molar-refractivity contribution is -0.118. The van der Waals surface area contributed by atoms with E-state index in [0.29, 0.717) is 6.54 Å². The molecule has 0 aliphatic rings. The largest absolute Gasteiger partial charge is 0.496 e. The van der Waals surface area contributed by atoms with Crippen LogP contribution in [0.25, 0.3) is 0 Å². The number of hydrogen-bond acceptors (Lipinski definition) is 3. The molecule has 0 aromatic heterocycles. The van der Waals surface area contributed by atoms with Gasteiger partial charge in [-0.05, 0) is 48.2 Å². The molecule has 0 unspecified atom stereocenters. The molecule has 2 aromatic carbocycles. The number of ether oxygens (including phenoxy) is 1. The summed E-state index contributed by atoms with van der Waals surface area (Å²) in [6, 6.07) is 14.1. The summed E-state index contributed by atoms with van der Waals surface area (Å²) in [4.78, 5) is 16.0. The van der Waals surface area contributed by atoms with E-state index in [9.17, 15) is 4.79 Å². The Morgan fingerprint density at radius 3 is 2.33 bits per heavy atom. The smallest absolute Gasteiger partial charge is 0.226 e. The zero-order valence-electron chi connectivity index (χ0n) is 18.4. The molecule has 164 valence electrons. The topological polar surface area (TPSA) is 74.8 Å². The first-order valence-electron chi connectivity index (χ1n) is 9.90. The van der Waals surface area contributed by atoms with Gasteiger partial charge in [-0.3, -0.25) is 9.79 Å². The first-order valence-corrected chi connectivity index (χ1v) is 9.90. The lowest BCUT2D eigenvalue weighted by Gasteiger charge is -2.13. The molecular formula is C23H33IN4O2. The Bertz CT molecular complexity index is 836. The molecule has 0 bridgehead atoms. The Morgan fingerprint density at radius 2 is 1.73 bits per heavy atom. The third-order valence-corrected chi connectivity index (χ3v) is 4.61. The zero-order valence-corrected chi connectivity index (χ0v) is 20.7. The van der Waals surface area contributed by atoms with E-state index >= 15 is 0 Å². The molecule has 0 spiro atoms. The van der Waals surface area contributed by atoms with Crippen molar-refractivity contribution in [3.8, 4) is 5.75 Å². The van der Waals surface area contributed by atoms with Crippen molar-refractivity contribution in [1.29, 1.82) is 0 Å². The van der Waals surface area contributed by atoms with Crippen molar-refractivity contribution in [2.45, 2.75) is 33.7 Å². The molecule has 0 fully saturated rings. The number of hydrogen-bond donors (Lipinski definition) is 3. The van der Waals surface area contributed by atoms with Crippen LogP contribution in [0.15, 0.2) is 47.5 Å². The van der Waals surface area contributed by atoms with E-state index in [1.165, 1.54) is 5.56 Å². The Labute approximate surface area is 196 Å². The standard InChI is InChI=1S/C23H32N4O2.HI/c1-16(2)22(28)27-20-10-8-19(9-11-20)15-26-23(24-4)25-13-12-18-7-6-17(3)21(14-18)29-5;/h6-11,14,16H,12-13,15H2,1-5H3,(H,27,28)(H2,24,25,26);1H. The number of halogens is 1. The molecule has 6 nitrogen and oxygen atoms in total. The van der Waals surface area contributed by atoms with Crippen LogP contribution in [0.3, 0.4) is 0 Å². The molecule has 0 aliphatic heterocycles. The minimum atomic E-state index is -0.0354. The van der Waals surface area contributed by atoms with E-state index in [2.05, 4.69) is 39.1 Å². The van der Waals surface area contributed by atoms with Crippen LogP contribution in [-0.4, -0.2) is 32.6 Å². The molecule has 30 heavy (non-hydrogen) atoms. The van der Waals surface area contributed by atoms with E-state index in [-0.39, 0.29) is 35.8 Å². The summed E-state index contributed by atoms with van der Waals surface area (Å²) in [5, 5.41) is 9.54. The summed E-state index contributed by atoms with van der Waals surface area (Å²) in [6.45, 7) is 7.21. The molecule has 0 saturated carbocycles. The van der Waals surface area contributed by atoms with Crippen molar-refractivity contribution in [3.63, 3.8) is 0 Å². The van der Waals surface area contributed by atoms with Gasteiger partial charge in [0.1, 0.15) is 5.75 Å². The maximum Gasteiger partial charge on any atom is 0.226 e. The summed E-state index contributed by atoms with van der Waals surface area (Å²) in [7, 11) is 3.45. The third kappa shape index (κ3) is 8.22. The molecule has 0 heterocycles. The summed E-state index contributed by atoms with van der Waals surface area (Å²) in [6.07, 6.45) is 0.877. The van der Waals surface area contributed by atoms with E-state index in [0.717, 1.165) is 41.5 Å². The Balaban J connectivity index is 0.00000450. The number of amides is 1. The lowest BCUT2D eigenvalue weighted by Crippen LogP contribution is -2.37. The van der Waals surface area contributed by atoms with Gasteiger partial charge in [0.25, 0.3) is 0 Å². The number of methoxy groups -OCH3 is 1. The average Bonchev–Trinajstić information content (AvgIpc) is 2.72. The minimum absolute atomic E-state index is 0. The van der Waals surface area contributed by atoms with Crippen LogP contribution >= 0.6 is 24.0 Å². The number of anilines is 1. The van der Waals surface area contributed by atoms with E-state index < -0.39 is 0 Å². The molecule has 0 saturated heterocycles. The highest BCUT2D eigenvalue weighted by atomic mass is 127. The lowest BCUT2D eigenvalue weighted by atomic mass is 10.1. The Hall–Kier alpha value is -2.29. The van der Waals surface area contributed by atoms with Crippen LogP contribution < -0.4 is 20.7 Å². The number of carbonyl (C=O) groups is 1. The summed E-state index contributed by atoms with van der Waals surface area (Å²) in [5.41, 5.74) is 4.27. The van der Waals surface area contributed by atoms with Gasteiger partial charge in [-0.15, -0.1) is 24.0 Å². The van der Waals surface area contributed by atoms with E-state index in [1.807, 2.05) is 45.0 Å². The fourth-order valence-electron chi connectivity index (χ4n) is 2.74. The predicted molar refractivity (Wildman–Crippen MR) is 135 cm³/mol. The number of carbonyl (C=O) groups excluding carboxylic acids is 1. The number of nitrogens with zero attached hydrogens (tertiary/aromatic N) is 1. The van der Waals surface area contributed by atoms with Gasteiger partial charge >= 0.3 is 0 Å². The fraction of sp³-hybridized carbons (Fsp3) is 0.391. The fourth-order valence-corrected chi connectivity index (χ4v) is 2.74. The van der Waals surface area contributed by atoms with Gasteiger partial charge in [0.2, 0.25) is 5.91 Å². The molecule has 3 N–H and O–H groups in total. The van der Waals surface area contributed by atoms with Gasteiger partial charge in [0.05, 0.1) is 7.11 Å². The van der Waals surface area contributed by atoms with Crippen molar-refractivity contribution in [1.82, 2.24) is 10.6 Å². The number of nitrogens with one attached hydrogen (secondary N) is 3. The SMILES string of the molecule is CN=C(NCCc1ccc(C)c(OC)c1)NCc1ccc(NC(=O)C(C)C)cc1.I. The zero-order chi connectivity index (χ0) is 21.2. The third-order valence-electron chi connectivity index (χ3n) is 4.61. The van der Waals surface area contributed by atoms with Crippen molar-refractivity contribution < 1.29 is 9.53 Å². The number of benzene rings is 2. The van der Waals surface area contributed by atoms with Crippen molar-refractivity contribution in [3.05, 3.63) is 59.2 Å². The first kappa shape index (κ1) is 25.7. The highest BCUT2D eigenvalue weighted by Crippen LogP contribution is 2.19. The maximum atomic E-state index is 11.8. The van der Waals surface area contributed by atoms with Crippen LogP contribution in [0.5, 0.6) is 5.75 Å². The van der Waals surface area contributed by atoms with Crippen LogP contribution in [0.2, 0.25) is 0 Å². The maximum absolute atomic E-state index is 11.8. The highest BCUT2D eigenvalue weighted by molar-refractivity contribution is 14.0. The molecule has 0 radical (unpaired) electrons. The van der Waals surface area contributed by atoms with Gasteiger partial charge in [0.15, 0.2) is 5.96 Å². The molecule has 1 amide bonds. The normalized spacial score (nSPS) is 10.9. The Kier molecular flexibility index (Phi) is 11.2. The predicted octanol–water partition coefficient (Wildman–Crippen LogP) is 4.12. The molecule has 0 aliphatic carbocycles. The monoisotopic (exact) mass is 524 g/mol. The number of aryl methyl sites for hydroxylation is 1. The second kappa shape index (κ2) is 13.1. The van der Waals surface area contributed by atoms with Gasteiger partial charge in [-0.2, -0.15) is 0 Å². The summed E-state index contributed by atoms with van der Waals surface area (Å²) in [5.74, 6) is 1.65. The highest BCUT2D eigenvalue weighted by Gasteiger charge is 2.07. The molecule has 2 aromatic rings. The quantitative estimate of drug-likeness (QED) is 0.276. The number of rotatable bonds is 8. The van der Waals surface area contributed by atoms with Crippen LogP contribution in [-0.2, 0) is 17.8 Å². The molecular weight excluding hydrogens is 491 g/mol. The second-order valence-corrected chi connectivity index (χ2v) is 7.25. The van der Waals surface area contributed by atoms with Crippen LogP contribution in [0.1, 0.15) is 30.5 Å². The van der Waals surface area contributed by atoms with Gasteiger partial charge < -0.3 is 20.7 Å². The van der Waals surface area contributed by atoms with Crippen LogP contribution in [0, 0.1) is 12.8 Å². The van der Waals surface area contributed by atoms with Crippen molar-refractivity contribution >= 4 is 41.5 Å². The van der Waals surface area contributed by atoms with Gasteiger partial charge in [-0.1, -0.05) is 38.1 Å². The van der Waals surface area contributed by atoms with Crippen molar-refractivity contribution in [2.24, 2.45) is 10.9 Å². The van der Waals surface area contributed by atoms with Crippen molar-refractivity contribution in [2.75, 3.05) is 26.0 Å². The number of aliphatic imine (C=N–C) groups is 1. The molecule has 0 atom stereocenters. The summed E-state index contributed by atoms with van der Waals surface area (Å²) >= 11 is 0. The van der Waals surface area contributed by atoms with Gasteiger partial charge in [0, 0.05) is 31.7 Å². The molecule has 2 rings (SSSR count). The van der Waals surface area contributed by atoms with E-state index in [4.69, 9.17) is 4.74 Å². The molecule has 7 heteroatoms. The first-order chi connectivity index (χ1) is 13.9. The second-order valence-electron chi connectivity index (χ2n) is 7.25. The Morgan fingerprint density at radius 1 is 1.07 bits per heavy atom. The number of guanidine groups is 1. The van der Waals surface area contributed by atoms with Crippen LogP contribution in [0.4, 0.5) is 5.69 Å². The minimum Gasteiger partial charge on any atom is -0.496 e.